The van der Waals surface area contributed by atoms with Gasteiger partial charge in [0.25, 0.3) is 0 Å². The number of aromatic nitrogens is 1. The average molecular weight is 257 g/mol. The van der Waals surface area contributed by atoms with Crippen LogP contribution in [0.25, 0.3) is 10.9 Å². The molecule has 102 valence electrons. The maximum atomic E-state index is 12.4. The highest BCUT2D eigenvalue weighted by Gasteiger charge is 2.19. The maximum Gasteiger partial charge on any atom is 0.165 e. The number of H-pyrrole nitrogens is 1. The predicted molar refractivity (Wildman–Crippen MR) is 80.5 cm³/mol. The lowest BCUT2D eigenvalue weighted by Gasteiger charge is -2.22. The number of aromatic amines is 1. The summed E-state index contributed by atoms with van der Waals surface area (Å²) in [6.45, 7) is 8.83. The minimum atomic E-state index is 0.245. The fraction of sp³-hybridized carbons (Fsp3) is 0.471. The molecular formula is C17H23NO. The summed E-state index contributed by atoms with van der Waals surface area (Å²) in [6, 6.07) is 7.97. The van der Waals surface area contributed by atoms with Gasteiger partial charge in [0.15, 0.2) is 5.78 Å². The van der Waals surface area contributed by atoms with Crippen LogP contribution in [-0.4, -0.2) is 10.8 Å². The van der Waals surface area contributed by atoms with Crippen LogP contribution in [0.2, 0.25) is 0 Å². The summed E-state index contributed by atoms with van der Waals surface area (Å²) in [4.78, 5) is 15.6. The van der Waals surface area contributed by atoms with E-state index in [0.717, 1.165) is 22.9 Å². The minimum absolute atomic E-state index is 0.245. The summed E-state index contributed by atoms with van der Waals surface area (Å²) in [5.41, 5.74) is 2.14. The molecule has 1 atom stereocenters. The van der Waals surface area contributed by atoms with Gasteiger partial charge in [0.2, 0.25) is 0 Å². The predicted octanol–water partition coefficient (Wildman–Crippen LogP) is 4.81. The topological polar surface area (TPSA) is 32.9 Å². The number of carbonyl (C=O) groups is 1. The second kappa shape index (κ2) is 5.20. The summed E-state index contributed by atoms with van der Waals surface area (Å²) < 4.78 is 0. The first-order chi connectivity index (χ1) is 8.87. The molecule has 0 radical (unpaired) electrons. The molecule has 0 spiro atoms. The van der Waals surface area contributed by atoms with Crippen LogP contribution in [0.15, 0.2) is 30.5 Å². The second-order valence-corrected chi connectivity index (χ2v) is 6.75. The van der Waals surface area contributed by atoms with Gasteiger partial charge in [0.1, 0.15) is 0 Å². The zero-order chi connectivity index (χ0) is 14.0. The molecule has 0 fully saturated rings. The lowest BCUT2D eigenvalue weighted by atomic mass is 9.83. The number of rotatable bonds is 4. The Kier molecular flexibility index (Phi) is 3.79. The van der Waals surface area contributed by atoms with Crippen LogP contribution in [0.4, 0.5) is 0 Å². The SMILES string of the molecule is CC(CC(=O)c1c[nH]c2ccccc12)CC(C)(C)C. The van der Waals surface area contributed by atoms with Crippen molar-refractivity contribution in [3.8, 4) is 0 Å². The van der Waals surface area contributed by atoms with Crippen molar-refractivity contribution in [2.24, 2.45) is 11.3 Å². The Hall–Kier alpha value is -1.57. The van der Waals surface area contributed by atoms with Crippen molar-refractivity contribution in [2.45, 2.75) is 40.5 Å². The van der Waals surface area contributed by atoms with Crippen LogP contribution in [0.1, 0.15) is 50.9 Å². The van der Waals surface area contributed by atoms with Crippen molar-refractivity contribution in [3.05, 3.63) is 36.0 Å². The smallest absolute Gasteiger partial charge is 0.165 e. The normalized spacial score (nSPS) is 13.7. The molecule has 2 rings (SSSR count). The third kappa shape index (κ3) is 3.46. The molecule has 19 heavy (non-hydrogen) atoms. The highest BCUT2D eigenvalue weighted by Crippen LogP contribution is 2.28. The second-order valence-electron chi connectivity index (χ2n) is 6.75. The van der Waals surface area contributed by atoms with Crippen LogP contribution in [0.5, 0.6) is 0 Å². The van der Waals surface area contributed by atoms with Gasteiger partial charge in [-0.25, -0.2) is 0 Å². The molecule has 0 aliphatic rings. The van der Waals surface area contributed by atoms with E-state index in [2.05, 4.69) is 32.7 Å². The summed E-state index contributed by atoms with van der Waals surface area (Å²) in [5.74, 6) is 0.662. The van der Waals surface area contributed by atoms with E-state index in [1.54, 1.807) is 0 Å². The van der Waals surface area contributed by atoms with E-state index in [0.29, 0.717) is 12.3 Å². The van der Waals surface area contributed by atoms with Gasteiger partial charge in [-0.1, -0.05) is 45.9 Å². The van der Waals surface area contributed by atoms with Crippen LogP contribution in [0, 0.1) is 11.3 Å². The molecule has 0 saturated carbocycles. The van der Waals surface area contributed by atoms with Gasteiger partial charge in [0, 0.05) is 29.1 Å². The van der Waals surface area contributed by atoms with E-state index >= 15 is 0 Å². The Bertz CT molecular complexity index is 574. The van der Waals surface area contributed by atoms with Crippen LogP contribution in [0.3, 0.4) is 0 Å². The first kappa shape index (κ1) is 13.9. The summed E-state index contributed by atoms with van der Waals surface area (Å²) >= 11 is 0. The Morgan fingerprint density at radius 1 is 1.26 bits per heavy atom. The Labute approximate surface area is 115 Å². The van der Waals surface area contributed by atoms with Crippen LogP contribution < -0.4 is 0 Å². The molecule has 1 N–H and O–H groups in total. The molecule has 0 saturated heterocycles. The van der Waals surface area contributed by atoms with E-state index in [4.69, 9.17) is 0 Å². The summed E-state index contributed by atoms with van der Waals surface area (Å²) in [5, 5.41) is 1.04. The third-order valence-corrected chi connectivity index (χ3v) is 3.38. The van der Waals surface area contributed by atoms with E-state index in [1.807, 2.05) is 30.5 Å². The number of hydrogen-bond acceptors (Lipinski definition) is 1. The van der Waals surface area contributed by atoms with Crippen LogP contribution >= 0.6 is 0 Å². The highest BCUT2D eigenvalue weighted by atomic mass is 16.1. The van der Waals surface area contributed by atoms with Crippen LogP contribution in [-0.2, 0) is 0 Å². The largest absolute Gasteiger partial charge is 0.360 e. The number of carbonyl (C=O) groups excluding carboxylic acids is 1. The highest BCUT2D eigenvalue weighted by molar-refractivity contribution is 6.07. The lowest BCUT2D eigenvalue weighted by molar-refractivity contribution is 0.0956. The summed E-state index contributed by atoms with van der Waals surface area (Å²) in [6.07, 6.45) is 3.54. The van der Waals surface area contributed by atoms with Crippen molar-refractivity contribution in [3.63, 3.8) is 0 Å². The number of hydrogen-bond donors (Lipinski definition) is 1. The molecule has 1 unspecified atom stereocenters. The van der Waals surface area contributed by atoms with E-state index in [-0.39, 0.29) is 11.2 Å². The molecule has 2 nitrogen and oxygen atoms in total. The molecule has 0 aliphatic heterocycles. The van der Waals surface area contributed by atoms with Gasteiger partial charge < -0.3 is 4.98 Å². The summed E-state index contributed by atoms with van der Waals surface area (Å²) in [7, 11) is 0. The standard InChI is InChI=1S/C17H23NO/c1-12(10-17(2,3)4)9-16(19)14-11-18-15-8-6-5-7-13(14)15/h5-8,11-12,18H,9-10H2,1-4H3. The zero-order valence-corrected chi connectivity index (χ0v) is 12.3. The van der Waals surface area contributed by atoms with Gasteiger partial charge in [-0.15, -0.1) is 0 Å². The third-order valence-electron chi connectivity index (χ3n) is 3.38. The van der Waals surface area contributed by atoms with Gasteiger partial charge in [-0.05, 0) is 23.8 Å². The van der Waals surface area contributed by atoms with Gasteiger partial charge in [0.05, 0.1) is 0 Å². The molecule has 0 aliphatic carbocycles. The Balaban J connectivity index is 2.12. The molecular weight excluding hydrogens is 234 g/mol. The molecule has 1 aromatic heterocycles. The van der Waals surface area contributed by atoms with Crippen molar-refractivity contribution in [1.29, 1.82) is 0 Å². The number of ketones is 1. The van der Waals surface area contributed by atoms with Crippen molar-refractivity contribution in [2.75, 3.05) is 0 Å². The lowest BCUT2D eigenvalue weighted by Crippen LogP contribution is -2.14. The molecule has 0 bridgehead atoms. The van der Waals surface area contributed by atoms with Gasteiger partial charge >= 0.3 is 0 Å². The number of benzene rings is 1. The van der Waals surface area contributed by atoms with Crippen molar-refractivity contribution >= 4 is 16.7 Å². The fourth-order valence-electron chi connectivity index (χ4n) is 2.85. The minimum Gasteiger partial charge on any atom is -0.360 e. The maximum absolute atomic E-state index is 12.4. The van der Waals surface area contributed by atoms with Gasteiger partial charge in [-0.3, -0.25) is 4.79 Å². The Morgan fingerprint density at radius 3 is 2.63 bits per heavy atom. The molecule has 1 heterocycles. The number of nitrogens with one attached hydrogen (secondary N) is 1. The zero-order valence-electron chi connectivity index (χ0n) is 12.3. The first-order valence-corrected chi connectivity index (χ1v) is 6.96. The monoisotopic (exact) mass is 257 g/mol. The first-order valence-electron chi connectivity index (χ1n) is 6.96. The van der Waals surface area contributed by atoms with E-state index in [9.17, 15) is 4.79 Å². The van der Waals surface area contributed by atoms with Gasteiger partial charge in [-0.2, -0.15) is 0 Å². The molecule has 2 aromatic rings. The quantitative estimate of drug-likeness (QED) is 0.783. The Morgan fingerprint density at radius 2 is 1.95 bits per heavy atom. The fourth-order valence-corrected chi connectivity index (χ4v) is 2.85. The van der Waals surface area contributed by atoms with Crippen molar-refractivity contribution < 1.29 is 4.79 Å². The van der Waals surface area contributed by atoms with E-state index < -0.39 is 0 Å². The number of fused-ring (bicyclic) bond motifs is 1. The van der Waals surface area contributed by atoms with Crippen molar-refractivity contribution in [1.82, 2.24) is 4.98 Å². The molecule has 0 amide bonds. The average Bonchev–Trinajstić information content (AvgIpc) is 2.69. The number of para-hydroxylation sites is 1. The van der Waals surface area contributed by atoms with E-state index in [1.165, 1.54) is 0 Å². The number of Topliss-reactive ketones (excluding diaryl/α,β-unsaturated/α-hetero) is 1. The molecule has 1 aromatic carbocycles. The molecule has 2 heteroatoms.